The molecule has 86 valence electrons. The number of carbonyl (C=O) groups excluding carboxylic acids is 2. The second kappa shape index (κ2) is 5.29. The van der Waals surface area contributed by atoms with Crippen LogP contribution in [-0.4, -0.2) is 18.2 Å². The number of hydrogen-bond donors (Lipinski definition) is 1. The van der Waals surface area contributed by atoms with Crippen molar-refractivity contribution >= 4 is 11.7 Å². The van der Waals surface area contributed by atoms with Gasteiger partial charge in [-0.3, -0.25) is 9.59 Å². The number of amides is 1. The van der Waals surface area contributed by atoms with Crippen LogP contribution < -0.4 is 5.32 Å². The molecule has 0 heterocycles. The summed E-state index contributed by atoms with van der Waals surface area (Å²) in [6.07, 6.45) is 3.25. The average molecular weight is 211 g/mol. The van der Waals surface area contributed by atoms with Crippen LogP contribution in [0.1, 0.15) is 40.0 Å². The van der Waals surface area contributed by atoms with Gasteiger partial charge in [0.2, 0.25) is 5.91 Å². The number of hydrogen-bond acceptors (Lipinski definition) is 2. The summed E-state index contributed by atoms with van der Waals surface area (Å²) in [6.45, 7) is 6.01. The van der Waals surface area contributed by atoms with E-state index in [1.807, 2.05) is 13.8 Å². The van der Waals surface area contributed by atoms with Crippen LogP contribution in [0, 0.1) is 17.8 Å². The van der Waals surface area contributed by atoms with Gasteiger partial charge in [-0.1, -0.05) is 27.2 Å². The van der Waals surface area contributed by atoms with Crippen molar-refractivity contribution in [2.45, 2.75) is 40.0 Å². The van der Waals surface area contributed by atoms with Gasteiger partial charge in [0.1, 0.15) is 0 Å². The van der Waals surface area contributed by atoms with Crippen molar-refractivity contribution in [2.24, 2.45) is 17.8 Å². The molecule has 0 aromatic rings. The lowest BCUT2D eigenvalue weighted by Crippen LogP contribution is -2.36. The summed E-state index contributed by atoms with van der Waals surface area (Å²) in [4.78, 5) is 23.0. The standard InChI is InChI=1S/C12H21NO2/c1-8(2)11(14)7-13-12(15)10-6-4-5-9(10)3/h8-10H,4-7H2,1-3H3,(H,13,15). The summed E-state index contributed by atoms with van der Waals surface area (Å²) in [5.74, 6) is 0.776. The predicted octanol–water partition coefficient (Wildman–Crippen LogP) is 1.76. The van der Waals surface area contributed by atoms with Gasteiger partial charge in [0.25, 0.3) is 0 Å². The van der Waals surface area contributed by atoms with Crippen LogP contribution in [0.2, 0.25) is 0 Å². The minimum absolute atomic E-state index is 0.00583. The van der Waals surface area contributed by atoms with Crippen molar-refractivity contribution in [3.05, 3.63) is 0 Å². The molecule has 0 aromatic carbocycles. The highest BCUT2D eigenvalue weighted by molar-refractivity contribution is 5.88. The highest BCUT2D eigenvalue weighted by atomic mass is 16.2. The van der Waals surface area contributed by atoms with Gasteiger partial charge in [-0.25, -0.2) is 0 Å². The van der Waals surface area contributed by atoms with Gasteiger partial charge in [-0.2, -0.15) is 0 Å². The van der Waals surface area contributed by atoms with E-state index in [-0.39, 0.29) is 30.1 Å². The fourth-order valence-electron chi connectivity index (χ4n) is 2.04. The summed E-state index contributed by atoms with van der Waals surface area (Å²) in [5, 5.41) is 2.75. The highest BCUT2D eigenvalue weighted by Crippen LogP contribution is 2.30. The Bertz CT molecular complexity index is 248. The molecule has 1 N–H and O–H groups in total. The smallest absolute Gasteiger partial charge is 0.223 e. The lowest BCUT2D eigenvalue weighted by Gasteiger charge is -2.15. The molecule has 3 nitrogen and oxygen atoms in total. The molecule has 15 heavy (non-hydrogen) atoms. The zero-order chi connectivity index (χ0) is 11.4. The minimum atomic E-state index is 0.00583. The molecule has 2 unspecified atom stereocenters. The van der Waals surface area contributed by atoms with Crippen LogP contribution in [0.4, 0.5) is 0 Å². The Labute approximate surface area is 91.6 Å². The highest BCUT2D eigenvalue weighted by Gasteiger charge is 2.29. The second-order valence-electron chi connectivity index (χ2n) is 4.85. The van der Waals surface area contributed by atoms with Gasteiger partial charge in [0, 0.05) is 11.8 Å². The third-order valence-electron chi connectivity index (χ3n) is 3.28. The van der Waals surface area contributed by atoms with Crippen LogP contribution in [0.5, 0.6) is 0 Å². The van der Waals surface area contributed by atoms with Crippen LogP contribution in [0.15, 0.2) is 0 Å². The Morgan fingerprint density at radius 2 is 2.00 bits per heavy atom. The normalized spacial score (nSPS) is 25.6. The zero-order valence-corrected chi connectivity index (χ0v) is 9.88. The second-order valence-corrected chi connectivity index (χ2v) is 4.85. The first-order valence-corrected chi connectivity index (χ1v) is 5.82. The molecule has 1 fully saturated rings. The van der Waals surface area contributed by atoms with E-state index >= 15 is 0 Å². The largest absolute Gasteiger partial charge is 0.349 e. The SMILES string of the molecule is CC(C)C(=O)CNC(=O)C1CCCC1C. The summed E-state index contributed by atoms with van der Waals surface area (Å²) in [5.41, 5.74) is 0. The topological polar surface area (TPSA) is 46.2 Å². The molecule has 2 atom stereocenters. The van der Waals surface area contributed by atoms with E-state index in [4.69, 9.17) is 0 Å². The average Bonchev–Trinajstić information content (AvgIpc) is 2.60. The summed E-state index contributed by atoms with van der Waals surface area (Å²) < 4.78 is 0. The molecule has 1 rings (SSSR count). The summed E-state index contributed by atoms with van der Waals surface area (Å²) >= 11 is 0. The van der Waals surface area contributed by atoms with Gasteiger partial charge >= 0.3 is 0 Å². The van der Waals surface area contributed by atoms with E-state index in [0.717, 1.165) is 19.3 Å². The third-order valence-corrected chi connectivity index (χ3v) is 3.28. The van der Waals surface area contributed by atoms with Crippen molar-refractivity contribution in [3.63, 3.8) is 0 Å². The third kappa shape index (κ3) is 3.33. The lowest BCUT2D eigenvalue weighted by molar-refractivity contribution is -0.129. The predicted molar refractivity (Wildman–Crippen MR) is 59.4 cm³/mol. The van der Waals surface area contributed by atoms with E-state index in [0.29, 0.717) is 5.92 Å². The molecule has 1 aliphatic carbocycles. The number of carbonyl (C=O) groups is 2. The van der Waals surface area contributed by atoms with Crippen molar-refractivity contribution in [1.82, 2.24) is 5.32 Å². The van der Waals surface area contributed by atoms with Crippen molar-refractivity contribution in [3.8, 4) is 0 Å². The van der Waals surface area contributed by atoms with Gasteiger partial charge in [0.05, 0.1) is 6.54 Å². The maximum atomic E-state index is 11.7. The minimum Gasteiger partial charge on any atom is -0.349 e. The van der Waals surface area contributed by atoms with Gasteiger partial charge < -0.3 is 5.32 Å². The first-order valence-electron chi connectivity index (χ1n) is 5.82. The molecule has 0 spiro atoms. The van der Waals surface area contributed by atoms with Crippen LogP contribution in [0.25, 0.3) is 0 Å². The number of ketones is 1. The Morgan fingerprint density at radius 1 is 1.33 bits per heavy atom. The molecule has 0 bridgehead atoms. The van der Waals surface area contributed by atoms with Crippen molar-refractivity contribution in [1.29, 1.82) is 0 Å². The Hall–Kier alpha value is -0.860. The van der Waals surface area contributed by atoms with Crippen LogP contribution in [-0.2, 0) is 9.59 Å². The van der Waals surface area contributed by atoms with Crippen molar-refractivity contribution in [2.75, 3.05) is 6.54 Å². The molecule has 1 aliphatic rings. The van der Waals surface area contributed by atoms with Gasteiger partial charge in [-0.05, 0) is 18.8 Å². The first kappa shape index (κ1) is 12.2. The van der Waals surface area contributed by atoms with E-state index in [2.05, 4.69) is 12.2 Å². The lowest BCUT2D eigenvalue weighted by atomic mass is 9.97. The molecule has 1 amide bonds. The Kier molecular flexibility index (Phi) is 4.30. The fourth-order valence-corrected chi connectivity index (χ4v) is 2.04. The molecule has 0 saturated heterocycles. The molecule has 3 heteroatoms. The monoisotopic (exact) mass is 211 g/mol. The molecular weight excluding hydrogens is 190 g/mol. The molecular formula is C12H21NO2. The first-order chi connectivity index (χ1) is 7.02. The van der Waals surface area contributed by atoms with Crippen molar-refractivity contribution < 1.29 is 9.59 Å². The molecule has 0 aliphatic heterocycles. The van der Waals surface area contributed by atoms with E-state index in [1.54, 1.807) is 0 Å². The Morgan fingerprint density at radius 3 is 2.47 bits per heavy atom. The zero-order valence-electron chi connectivity index (χ0n) is 9.88. The van der Waals surface area contributed by atoms with Crippen LogP contribution >= 0.6 is 0 Å². The number of nitrogens with one attached hydrogen (secondary N) is 1. The van der Waals surface area contributed by atoms with E-state index in [9.17, 15) is 9.59 Å². The quantitative estimate of drug-likeness (QED) is 0.770. The van der Waals surface area contributed by atoms with Gasteiger partial charge in [0.15, 0.2) is 5.78 Å². The van der Waals surface area contributed by atoms with E-state index in [1.165, 1.54) is 0 Å². The maximum Gasteiger partial charge on any atom is 0.223 e. The summed E-state index contributed by atoms with van der Waals surface area (Å²) in [6, 6.07) is 0. The number of rotatable bonds is 4. The molecule has 1 saturated carbocycles. The van der Waals surface area contributed by atoms with Crippen LogP contribution in [0.3, 0.4) is 0 Å². The number of Topliss-reactive ketones (excluding diaryl/α,β-unsaturated/α-hetero) is 1. The molecule has 0 radical (unpaired) electrons. The Balaban J connectivity index is 2.33. The van der Waals surface area contributed by atoms with E-state index < -0.39 is 0 Å². The maximum absolute atomic E-state index is 11.7. The van der Waals surface area contributed by atoms with Gasteiger partial charge in [-0.15, -0.1) is 0 Å². The summed E-state index contributed by atoms with van der Waals surface area (Å²) in [7, 11) is 0. The molecule has 0 aromatic heterocycles. The fraction of sp³-hybridized carbons (Fsp3) is 0.833.